The Morgan fingerprint density at radius 3 is 1.33 bits per heavy atom. The van der Waals surface area contributed by atoms with E-state index in [0.717, 1.165) is 12.1 Å². The average Bonchev–Trinajstić information content (AvgIpc) is 2.92. The van der Waals surface area contributed by atoms with E-state index in [1.54, 1.807) is 13.8 Å². The SMILES string of the molecule is CCN(C(=O)CCCOCOC)c1ccc(F)[c-]c1F.CCN(C(=O)CCCOCOC)c1ccc(F)[c-]c1F.[CH3-].[CH3-].[Ti+4]. The molecular formula is C30H42F4N2O6Ti. The molecule has 0 bridgehead atoms. The van der Waals surface area contributed by atoms with Crippen molar-refractivity contribution in [3.63, 3.8) is 0 Å². The summed E-state index contributed by atoms with van der Waals surface area (Å²) in [5, 5.41) is 0. The van der Waals surface area contributed by atoms with Gasteiger partial charge in [-0.1, -0.05) is 0 Å². The van der Waals surface area contributed by atoms with Crippen LogP contribution in [0.15, 0.2) is 24.3 Å². The maximum absolute atomic E-state index is 13.6. The fraction of sp³-hybridized carbons (Fsp3) is 0.467. The van der Waals surface area contributed by atoms with E-state index in [1.807, 2.05) is 12.1 Å². The van der Waals surface area contributed by atoms with E-state index >= 15 is 0 Å². The smallest absolute Gasteiger partial charge is 0.364 e. The summed E-state index contributed by atoms with van der Waals surface area (Å²) in [6, 6.07) is 8.49. The quantitative estimate of drug-likeness (QED) is 0.0737. The number of carbonyl (C=O) groups is 2. The minimum Gasteiger partial charge on any atom is -0.364 e. The molecule has 0 aliphatic rings. The standard InChI is InChI=1S/2C14H18F2NO3.2CH3.Ti/c2*1-3-17(13-7-6-11(15)9-12(13)16)14(18)5-4-8-20-10-19-2;;;/h2*6-7H,3-5,8,10H2,1-2H3;2*1H3;/q4*-1;+4. The fourth-order valence-electron chi connectivity index (χ4n) is 3.46. The van der Waals surface area contributed by atoms with Crippen LogP contribution in [0.4, 0.5) is 28.9 Å². The van der Waals surface area contributed by atoms with Gasteiger partial charge in [0, 0.05) is 76.6 Å². The summed E-state index contributed by atoms with van der Waals surface area (Å²) in [6.45, 7) is 5.16. The molecule has 2 aromatic carbocycles. The molecule has 0 saturated carbocycles. The van der Waals surface area contributed by atoms with Crippen molar-refractivity contribution in [3.05, 3.63) is 74.5 Å². The Labute approximate surface area is 268 Å². The number of hydrogen-bond donors (Lipinski definition) is 0. The van der Waals surface area contributed by atoms with Gasteiger partial charge in [0.1, 0.15) is 13.6 Å². The normalized spacial score (nSPS) is 9.86. The van der Waals surface area contributed by atoms with Gasteiger partial charge >= 0.3 is 21.7 Å². The minimum atomic E-state index is -0.865. The maximum atomic E-state index is 13.6. The maximum Gasteiger partial charge on any atom is 4.00 e. The molecule has 0 atom stereocenters. The third-order valence-corrected chi connectivity index (χ3v) is 5.26. The van der Waals surface area contributed by atoms with Gasteiger partial charge in [-0.15, -0.1) is 36.4 Å². The third-order valence-electron chi connectivity index (χ3n) is 5.26. The van der Waals surface area contributed by atoms with Crippen LogP contribution >= 0.6 is 0 Å². The van der Waals surface area contributed by atoms with E-state index in [-0.39, 0.29) is 86.2 Å². The Kier molecular flexibility index (Phi) is 27.4. The van der Waals surface area contributed by atoms with Crippen molar-refractivity contribution in [2.24, 2.45) is 0 Å². The van der Waals surface area contributed by atoms with E-state index in [4.69, 9.17) is 18.9 Å². The van der Waals surface area contributed by atoms with Crippen molar-refractivity contribution >= 4 is 23.2 Å². The van der Waals surface area contributed by atoms with Crippen molar-refractivity contribution in [1.29, 1.82) is 0 Å². The molecule has 13 heteroatoms. The number of nitrogens with zero attached hydrogens (tertiary/aromatic N) is 2. The van der Waals surface area contributed by atoms with Gasteiger partial charge in [-0.2, -0.15) is 0 Å². The number of carbonyl (C=O) groups excluding carboxylic acids is 2. The van der Waals surface area contributed by atoms with E-state index in [9.17, 15) is 27.2 Å². The number of ether oxygens (including phenoxy) is 4. The first-order valence-corrected chi connectivity index (χ1v) is 12.7. The van der Waals surface area contributed by atoms with Crippen LogP contribution in [0.2, 0.25) is 0 Å². The summed E-state index contributed by atoms with van der Waals surface area (Å²) in [5.74, 6) is -3.79. The van der Waals surface area contributed by atoms with Crippen LogP contribution in [-0.4, -0.2) is 65.9 Å². The number of hydrogen-bond acceptors (Lipinski definition) is 6. The Bertz CT molecular complexity index is 970. The van der Waals surface area contributed by atoms with Crippen molar-refractivity contribution < 1.29 is 67.8 Å². The van der Waals surface area contributed by atoms with Gasteiger partial charge < -0.3 is 43.6 Å². The Morgan fingerprint density at radius 2 is 1.05 bits per heavy atom. The van der Waals surface area contributed by atoms with Crippen molar-refractivity contribution in [3.8, 4) is 0 Å². The van der Waals surface area contributed by atoms with E-state index < -0.39 is 23.3 Å². The number of anilines is 2. The Balaban J connectivity index is -0.000000696. The minimum absolute atomic E-state index is 0. The van der Waals surface area contributed by atoms with Crippen LogP contribution in [0, 0.1) is 50.3 Å². The number of benzene rings is 2. The number of halogens is 4. The molecule has 0 spiro atoms. The van der Waals surface area contributed by atoms with Crippen molar-refractivity contribution in [1.82, 2.24) is 0 Å². The van der Waals surface area contributed by atoms with Crippen LogP contribution < -0.4 is 9.80 Å². The molecule has 0 N–H and O–H groups in total. The molecule has 2 rings (SSSR count). The summed E-state index contributed by atoms with van der Waals surface area (Å²) in [7, 11) is 3.02. The molecular weight excluding hydrogens is 608 g/mol. The monoisotopic (exact) mass is 650 g/mol. The average molecular weight is 651 g/mol. The molecule has 43 heavy (non-hydrogen) atoms. The van der Waals surface area contributed by atoms with Gasteiger partial charge in [-0.05, 0) is 38.1 Å². The first-order valence-electron chi connectivity index (χ1n) is 12.7. The molecule has 240 valence electrons. The molecule has 0 aromatic heterocycles. The topological polar surface area (TPSA) is 77.5 Å². The Hall–Kier alpha value is -2.35. The van der Waals surface area contributed by atoms with Gasteiger partial charge in [-0.3, -0.25) is 9.59 Å². The third kappa shape index (κ3) is 16.9. The van der Waals surface area contributed by atoms with Crippen molar-refractivity contribution in [2.45, 2.75) is 39.5 Å². The molecule has 0 heterocycles. The summed E-state index contributed by atoms with van der Waals surface area (Å²) in [5.41, 5.74) is 0.0772. The molecule has 0 aliphatic heterocycles. The number of rotatable bonds is 16. The van der Waals surface area contributed by atoms with Crippen LogP contribution in [0.1, 0.15) is 39.5 Å². The summed E-state index contributed by atoms with van der Waals surface area (Å²) in [6.07, 6.45) is 1.44. The van der Waals surface area contributed by atoms with Crippen molar-refractivity contribution in [2.75, 3.05) is 63.9 Å². The van der Waals surface area contributed by atoms with Crippen LogP contribution in [-0.2, 0) is 50.3 Å². The molecule has 0 unspecified atom stereocenters. The molecule has 2 amide bonds. The number of amides is 2. The van der Waals surface area contributed by atoms with Crippen LogP contribution in [0.25, 0.3) is 0 Å². The molecule has 0 radical (unpaired) electrons. The van der Waals surface area contributed by atoms with Gasteiger partial charge in [0.15, 0.2) is 0 Å². The number of methoxy groups -OCH3 is 2. The predicted molar refractivity (Wildman–Crippen MR) is 153 cm³/mol. The molecule has 0 aliphatic carbocycles. The second kappa shape index (κ2) is 26.1. The predicted octanol–water partition coefficient (Wildman–Crippen LogP) is 5.94. The zero-order chi connectivity index (χ0) is 29.9. The summed E-state index contributed by atoms with van der Waals surface area (Å²) < 4.78 is 72.4. The second-order valence-corrected chi connectivity index (χ2v) is 8.12. The van der Waals surface area contributed by atoms with Gasteiger partial charge in [0.2, 0.25) is 11.8 Å². The molecule has 8 nitrogen and oxygen atoms in total. The largest absolute Gasteiger partial charge is 4.00 e. The summed E-state index contributed by atoms with van der Waals surface area (Å²) >= 11 is 0. The second-order valence-electron chi connectivity index (χ2n) is 8.12. The fourth-order valence-corrected chi connectivity index (χ4v) is 3.46. The first-order chi connectivity index (χ1) is 19.2. The molecule has 0 saturated heterocycles. The zero-order valence-corrected chi connectivity index (χ0v) is 27.3. The molecule has 2 aromatic rings. The zero-order valence-electron chi connectivity index (χ0n) is 25.7. The molecule has 0 fully saturated rings. The van der Waals surface area contributed by atoms with Gasteiger partial charge in [0.25, 0.3) is 0 Å². The van der Waals surface area contributed by atoms with Gasteiger partial charge in [-0.25, -0.2) is 17.6 Å². The summed E-state index contributed by atoms with van der Waals surface area (Å²) in [4.78, 5) is 26.5. The van der Waals surface area contributed by atoms with Gasteiger partial charge in [0.05, 0.1) is 0 Å². The first kappa shape index (κ1) is 45.1. The van der Waals surface area contributed by atoms with E-state index in [0.29, 0.717) is 39.1 Å². The van der Waals surface area contributed by atoms with Crippen LogP contribution in [0.5, 0.6) is 0 Å². The van der Waals surface area contributed by atoms with E-state index in [2.05, 4.69) is 0 Å². The van der Waals surface area contributed by atoms with E-state index in [1.165, 1.54) is 36.2 Å². The van der Waals surface area contributed by atoms with Crippen LogP contribution in [0.3, 0.4) is 0 Å². The Morgan fingerprint density at radius 1 is 0.698 bits per heavy atom.